The summed E-state index contributed by atoms with van der Waals surface area (Å²) >= 11 is 0. The van der Waals surface area contributed by atoms with Gasteiger partial charge in [0, 0.05) is 18.8 Å². The van der Waals surface area contributed by atoms with Crippen molar-refractivity contribution in [2.24, 2.45) is 11.8 Å². The molecule has 0 aliphatic carbocycles. The SMILES string of the molecule is CCc1cc(C(=O)N2C[C@@H](C(F)(F)F)[C@H](C(=O)O)C2)n[nH]1.Cl. The highest BCUT2D eigenvalue weighted by atomic mass is 35.5. The average Bonchev–Trinajstić information content (AvgIpc) is 3.04. The van der Waals surface area contributed by atoms with Crippen LogP contribution in [0.2, 0.25) is 0 Å². The molecule has 124 valence electrons. The van der Waals surface area contributed by atoms with Crippen molar-refractivity contribution in [2.45, 2.75) is 19.5 Å². The van der Waals surface area contributed by atoms with Crippen molar-refractivity contribution in [1.29, 1.82) is 0 Å². The van der Waals surface area contributed by atoms with Gasteiger partial charge in [0.15, 0.2) is 0 Å². The molecule has 1 amide bonds. The first-order valence-corrected chi connectivity index (χ1v) is 6.37. The molecule has 1 aromatic heterocycles. The third-order valence-corrected chi connectivity index (χ3v) is 3.58. The van der Waals surface area contributed by atoms with Gasteiger partial charge >= 0.3 is 12.1 Å². The van der Waals surface area contributed by atoms with Crippen LogP contribution in [0, 0.1) is 11.8 Å². The molecule has 1 aliphatic rings. The first-order valence-electron chi connectivity index (χ1n) is 6.37. The summed E-state index contributed by atoms with van der Waals surface area (Å²) < 4.78 is 38.5. The number of aromatic amines is 1. The predicted octanol–water partition coefficient (Wildman–Crippen LogP) is 1.73. The van der Waals surface area contributed by atoms with Crippen molar-refractivity contribution in [3.63, 3.8) is 0 Å². The Bertz CT molecular complexity index is 561. The van der Waals surface area contributed by atoms with Gasteiger partial charge in [0.2, 0.25) is 0 Å². The number of rotatable bonds is 3. The highest BCUT2D eigenvalue weighted by Crippen LogP contribution is 2.38. The van der Waals surface area contributed by atoms with Crippen LogP contribution in [0.25, 0.3) is 0 Å². The molecule has 10 heteroatoms. The fourth-order valence-electron chi connectivity index (χ4n) is 2.37. The van der Waals surface area contributed by atoms with Gasteiger partial charge in [-0.3, -0.25) is 14.7 Å². The van der Waals surface area contributed by atoms with E-state index < -0.39 is 43.0 Å². The first kappa shape index (κ1) is 18.3. The fourth-order valence-corrected chi connectivity index (χ4v) is 2.37. The van der Waals surface area contributed by atoms with Crippen LogP contribution in [-0.2, 0) is 11.2 Å². The molecule has 2 atom stereocenters. The summed E-state index contributed by atoms with van der Waals surface area (Å²) in [6, 6.07) is 1.46. The first-order chi connectivity index (χ1) is 9.74. The minimum Gasteiger partial charge on any atom is -0.481 e. The van der Waals surface area contributed by atoms with Gasteiger partial charge in [0.05, 0.1) is 11.8 Å². The standard InChI is InChI=1S/C12H14F3N3O3.ClH/c1-2-6-3-9(17-16-6)10(19)18-4-7(11(20)21)8(5-18)12(13,14)15;/h3,7-8H,2,4-5H2,1H3,(H,16,17)(H,20,21);1H/t7-,8-;/m1./s1. The average molecular weight is 342 g/mol. The lowest BCUT2D eigenvalue weighted by Crippen LogP contribution is -2.34. The zero-order valence-corrected chi connectivity index (χ0v) is 12.4. The van der Waals surface area contributed by atoms with Gasteiger partial charge in [0.25, 0.3) is 5.91 Å². The summed E-state index contributed by atoms with van der Waals surface area (Å²) in [6.45, 7) is 0.706. The summed E-state index contributed by atoms with van der Waals surface area (Å²) in [5, 5.41) is 15.2. The van der Waals surface area contributed by atoms with Crippen molar-refractivity contribution in [2.75, 3.05) is 13.1 Å². The van der Waals surface area contributed by atoms with Crippen LogP contribution < -0.4 is 0 Å². The van der Waals surface area contributed by atoms with Crippen LogP contribution in [0.1, 0.15) is 23.1 Å². The Kier molecular flexibility index (Phi) is 5.44. The van der Waals surface area contributed by atoms with Crippen LogP contribution in [0.4, 0.5) is 13.2 Å². The van der Waals surface area contributed by atoms with Gasteiger partial charge in [-0.1, -0.05) is 6.92 Å². The number of halogens is 4. The highest BCUT2D eigenvalue weighted by molar-refractivity contribution is 5.93. The maximum absolute atomic E-state index is 12.8. The second-order valence-corrected chi connectivity index (χ2v) is 4.93. The molecule has 1 fully saturated rings. The number of likely N-dealkylation sites (tertiary alicyclic amines) is 1. The van der Waals surface area contributed by atoms with Crippen molar-refractivity contribution in [3.8, 4) is 0 Å². The number of hydrogen-bond acceptors (Lipinski definition) is 3. The number of nitrogens with zero attached hydrogens (tertiary/aromatic N) is 2. The molecule has 0 spiro atoms. The number of nitrogens with one attached hydrogen (secondary N) is 1. The lowest BCUT2D eigenvalue weighted by atomic mass is 9.96. The summed E-state index contributed by atoms with van der Waals surface area (Å²) in [5.41, 5.74) is 0.679. The molecule has 0 saturated carbocycles. The molecule has 0 aromatic carbocycles. The van der Waals surface area contributed by atoms with Crippen molar-refractivity contribution in [3.05, 3.63) is 17.5 Å². The van der Waals surface area contributed by atoms with Crippen molar-refractivity contribution < 1.29 is 27.9 Å². The number of carboxylic acids is 1. The van der Waals surface area contributed by atoms with Gasteiger partial charge in [0.1, 0.15) is 5.69 Å². The maximum Gasteiger partial charge on any atom is 0.394 e. The lowest BCUT2D eigenvalue weighted by molar-refractivity contribution is -0.187. The Balaban J connectivity index is 0.00000242. The Morgan fingerprint density at radius 3 is 2.50 bits per heavy atom. The smallest absolute Gasteiger partial charge is 0.394 e. The van der Waals surface area contributed by atoms with Gasteiger partial charge in [-0.25, -0.2) is 0 Å². The maximum atomic E-state index is 12.8. The monoisotopic (exact) mass is 341 g/mol. The van der Waals surface area contributed by atoms with E-state index in [4.69, 9.17) is 5.11 Å². The Morgan fingerprint density at radius 1 is 1.45 bits per heavy atom. The number of amides is 1. The summed E-state index contributed by atoms with van der Waals surface area (Å²) in [6.07, 6.45) is -4.05. The van der Waals surface area contributed by atoms with Crippen LogP contribution in [-0.4, -0.2) is 51.3 Å². The van der Waals surface area contributed by atoms with Crippen LogP contribution >= 0.6 is 12.4 Å². The number of carbonyl (C=O) groups is 2. The molecule has 2 heterocycles. The largest absolute Gasteiger partial charge is 0.481 e. The molecular formula is C12H15ClF3N3O3. The fraction of sp³-hybridized carbons (Fsp3) is 0.583. The number of aromatic nitrogens is 2. The lowest BCUT2D eigenvalue weighted by Gasteiger charge is -2.17. The number of carbonyl (C=O) groups excluding carboxylic acids is 1. The second-order valence-electron chi connectivity index (χ2n) is 4.93. The Labute approximate surface area is 130 Å². The van der Waals surface area contributed by atoms with Gasteiger partial charge in [-0.2, -0.15) is 18.3 Å². The summed E-state index contributed by atoms with van der Waals surface area (Å²) in [4.78, 5) is 23.9. The topological polar surface area (TPSA) is 86.3 Å². The van der Waals surface area contributed by atoms with E-state index in [2.05, 4.69) is 10.2 Å². The van der Waals surface area contributed by atoms with Gasteiger partial charge in [-0.15, -0.1) is 12.4 Å². The minimum atomic E-state index is -4.65. The number of carboxylic acid groups (broad SMARTS) is 1. The predicted molar refractivity (Wildman–Crippen MR) is 71.8 cm³/mol. The second kappa shape index (κ2) is 6.55. The Morgan fingerprint density at radius 2 is 2.09 bits per heavy atom. The van der Waals surface area contributed by atoms with Gasteiger partial charge in [-0.05, 0) is 12.5 Å². The van der Waals surface area contributed by atoms with E-state index in [1.54, 1.807) is 0 Å². The van der Waals surface area contributed by atoms with Crippen LogP contribution in [0.15, 0.2) is 6.07 Å². The normalized spacial score (nSPS) is 21.5. The highest BCUT2D eigenvalue weighted by Gasteiger charge is 2.53. The van der Waals surface area contributed by atoms with Crippen LogP contribution in [0.5, 0.6) is 0 Å². The molecule has 0 bridgehead atoms. The van der Waals surface area contributed by atoms with Gasteiger partial charge < -0.3 is 10.0 Å². The van der Waals surface area contributed by atoms with Crippen molar-refractivity contribution in [1.82, 2.24) is 15.1 Å². The van der Waals surface area contributed by atoms with E-state index in [0.29, 0.717) is 12.1 Å². The Hall–Kier alpha value is -1.77. The number of H-pyrrole nitrogens is 1. The van der Waals surface area contributed by atoms with E-state index in [0.717, 1.165) is 4.90 Å². The van der Waals surface area contributed by atoms with E-state index in [1.165, 1.54) is 6.07 Å². The molecule has 2 N–H and O–H groups in total. The number of aliphatic carboxylic acids is 1. The van der Waals surface area contributed by atoms with E-state index in [9.17, 15) is 22.8 Å². The van der Waals surface area contributed by atoms with E-state index >= 15 is 0 Å². The quantitative estimate of drug-likeness (QED) is 0.876. The van der Waals surface area contributed by atoms with Crippen molar-refractivity contribution >= 4 is 24.3 Å². The molecule has 0 radical (unpaired) electrons. The molecule has 22 heavy (non-hydrogen) atoms. The zero-order valence-electron chi connectivity index (χ0n) is 11.6. The molecule has 6 nitrogen and oxygen atoms in total. The molecule has 2 rings (SSSR count). The summed E-state index contributed by atoms with van der Waals surface area (Å²) in [7, 11) is 0. The molecule has 0 unspecified atom stereocenters. The molecule has 1 aliphatic heterocycles. The number of alkyl halides is 3. The van der Waals surface area contributed by atoms with Crippen LogP contribution in [0.3, 0.4) is 0 Å². The molecule has 1 saturated heterocycles. The molecule has 1 aromatic rings. The summed E-state index contributed by atoms with van der Waals surface area (Å²) in [5.74, 6) is -5.94. The number of hydrogen-bond donors (Lipinski definition) is 2. The number of aryl methyl sites for hydroxylation is 1. The third-order valence-electron chi connectivity index (χ3n) is 3.58. The minimum absolute atomic E-state index is 0. The van der Waals surface area contributed by atoms with E-state index in [1.807, 2.05) is 6.92 Å². The van der Waals surface area contributed by atoms with E-state index in [-0.39, 0.29) is 18.1 Å². The third kappa shape index (κ3) is 3.52. The molecular weight excluding hydrogens is 327 g/mol. The zero-order chi connectivity index (χ0) is 15.8.